The van der Waals surface area contributed by atoms with E-state index in [1.807, 2.05) is 30.3 Å². The number of likely N-dealkylation sites (N-methyl/N-ethyl adjacent to an activating group) is 1. The zero-order valence-corrected chi connectivity index (χ0v) is 12.7. The van der Waals surface area contributed by atoms with Gasteiger partial charge >= 0.3 is 11.8 Å². The second kappa shape index (κ2) is 7.06. The van der Waals surface area contributed by atoms with Crippen LogP contribution in [-0.2, 0) is 20.9 Å². The topological polar surface area (TPSA) is 83.7 Å². The highest BCUT2D eigenvalue weighted by atomic mass is 16.2. The van der Waals surface area contributed by atoms with Crippen LogP contribution in [0.2, 0.25) is 0 Å². The van der Waals surface area contributed by atoms with E-state index in [0.717, 1.165) is 5.56 Å². The summed E-state index contributed by atoms with van der Waals surface area (Å²) in [7, 11) is 1.61. The normalized spacial score (nSPS) is 15.4. The van der Waals surface area contributed by atoms with Gasteiger partial charge in [-0.1, -0.05) is 30.3 Å². The number of piperidine rings is 1. The SMILES string of the molecule is CN(Cc1ccccc1)C(=O)C(=O)N1CCC(C(N)=O)CC1. The first-order valence-electron chi connectivity index (χ1n) is 7.36. The summed E-state index contributed by atoms with van der Waals surface area (Å²) >= 11 is 0. The van der Waals surface area contributed by atoms with E-state index in [1.54, 1.807) is 7.05 Å². The highest BCUT2D eigenvalue weighted by Gasteiger charge is 2.30. The Morgan fingerprint density at radius 2 is 1.77 bits per heavy atom. The summed E-state index contributed by atoms with van der Waals surface area (Å²) < 4.78 is 0. The van der Waals surface area contributed by atoms with Crippen molar-refractivity contribution in [3.05, 3.63) is 35.9 Å². The minimum Gasteiger partial charge on any atom is -0.369 e. The number of likely N-dealkylation sites (tertiary alicyclic amines) is 1. The first kappa shape index (κ1) is 16.0. The summed E-state index contributed by atoms with van der Waals surface area (Å²) in [4.78, 5) is 38.5. The third-order valence-electron chi connectivity index (χ3n) is 3.98. The Morgan fingerprint density at radius 1 is 1.18 bits per heavy atom. The van der Waals surface area contributed by atoms with Gasteiger partial charge in [0.05, 0.1) is 0 Å². The van der Waals surface area contributed by atoms with Crippen LogP contribution in [0.25, 0.3) is 0 Å². The zero-order chi connectivity index (χ0) is 16.1. The molecule has 1 aliphatic heterocycles. The summed E-state index contributed by atoms with van der Waals surface area (Å²) in [6.45, 7) is 1.19. The van der Waals surface area contributed by atoms with E-state index in [1.165, 1.54) is 9.80 Å². The molecule has 2 N–H and O–H groups in total. The highest BCUT2D eigenvalue weighted by Crippen LogP contribution is 2.17. The average molecular weight is 303 g/mol. The summed E-state index contributed by atoms with van der Waals surface area (Å²) in [5.41, 5.74) is 6.24. The number of hydrogen-bond donors (Lipinski definition) is 1. The first-order chi connectivity index (χ1) is 10.5. The monoisotopic (exact) mass is 303 g/mol. The lowest BCUT2D eigenvalue weighted by Crippen LogP contribution is -2.48. The quantitative estimate of drug-likeness (QED) is 0.819. The fraction of sp³-hybridized carbons (Fsp3) is 0.438. The molecule has 0 bridgehead atoms. The maximum atomic E-state index is 12.2. The van der Waals surface area contributed by atoms with Crippen LogP contribution in [0.1, 0.15) is 18.4 Å². The van der Waals surface area contributed by atoms with Crippen LogP contribution in [-0.4, -0.2) is 47.7 Å². The predicted molar refractivity (Wildman–Crippen MR) is 81.4 cm³/mol. The number of rotatable bonds is 3. The van der Waals surface area contributed by atoms with Crippen LogP contribution in [0.3, 0.4) is 0 Å². The maximum absolute atomic E-state index is 12.2. The molecule has 0 spiro atoms. The summed E-state index contributed by atoms with van der Waals surface area (Å²) in [5, 5.41) is 0. The van der Waals surface area contributed by atoms with Gasteiger partial charge in [0.15, 0.2) is 0 Å². The predicted octanol–water partition coefficient (Wildman–Crippen LogP) is 0.369. The molecule has 1 aliphatic rings. The van der Waals surface area contributed by atoms with Crippen molar-refractivity contribution >= 4 is 17.7 Å². The number of hydrogen-bond acceptors (Lipinski definition) is 3. The molecule has 1 heterocycles. The molecule has 6 heteroatoms. The highest BCUT2D eigenvalue weighted by molar-refractivity contribution is 6.34. The van der Waals surface area contributed by atoms with E-state index in [0.29, 0.717) is 32.5 Å². The number of amides is 3. The van der Waals surface area contributed by atoms with Gasteiger partial charge in [-0.3, -0.25) is 14.4 Å². The summed E-state index contributed by atoms with van der Waals surface area (Å²) in [6, 6.07) is 9.51. The molecule has 1 fully saturated rings. The molecule has 2 rings (SSSR count). The van der Waals surface area contributed by atoms with Crippen molar-refractivity contribution in [1.29, 1.82) is 0 Å². The Bertz CT molecular complexity index is 551. The number of carbonyl (C=O) groups excluding carboxylic acids is 3. The molecule has 0 unspecified atom stereocenters. The molecule has 0 aliphatic carbocycles. The fourth-order valence-electron chi connectivity index (χ4n) is 2.59. The van der Waals surface area contributed by atoms with Gasteiger partial charge in [-0.05, 0) is 18.4 Å². The van der Waals surface area contributed by atoms with Gasteiger partial charge in [0.2, 0.25) is 5.91 Å². The molecule has 118 valence electrons. The molecular formula is C16H21N3O3. The van der Waals surface area contributed by atoms with Crippen molar-refractivity contribution in [3.63, 3.8) is 0 Å². The standard InChI is InChI=1S/C16H21N3O3/c1-18(11-12-5-3-2-4-6-12)15(21)16(22)19-9-7-13(8-10-19)14(17)20/h2-6,13H,7-11H2,1H3,(H2,17,20). The van der Waals surface area contributed by atoms with Crippen molar-refractivity contribution in [2.45, 2.75) is 19.4 Å². The lowest BCUT2D eigenvalue weighted by molar-refractivity contribution is -0.152. The first-order valence-corrected chi connectivity index (χ1v) is 7.36. The summed E-state index contributed by atoms with van der Waals surface area (Å²) in [5.74, 6) is -1.57. The molecule has 0 radical (unpaired) electrons. The Labute approximate surface area is 129 Å². The van der Waals surface area contributed by atoms with E-state index in [-0.39, 0.29) is 11.8 Å². The van der Waals surface area contributed by atoms with E-state index < -0.39 is 11.8 Å². The van der Waals surface area contributed by atoms with Gasteiger partial charge in [0.25, 0.3) is 0 Å². The molecule has 0 aromatic heterocycles. The van der Waals surface area contributed by atoms with Crippen molar-refractivity contribution in [3.8, 4) is 0 Å². The molecule has 1 aromatic rings. The van der Waals surface area contributed by atoms with Crippen LogP contribution in [0.5, 0.6) is 0 Å². The van der Waals surface area contributed by atoms with Crippen LogP contribution in [0.15, 0.2) is 30.3 Å². The van der Waals surface area contributed by atoms with Gasteiger partial charge in [-0.15, -0.1) is 0 Å². The van der Waals surface area contributed by atoms with E-state index >= 15 is 0 Å². The third-order valence-corrected chi connectivity index (χ3v) is 3.98. The van der Waals surface area contributed by atoms with Crippen LogP contribution < -0.4 is 5.73 Å². The number of benzene rings is 1. The van der Waals surface area contributed by atoms with E-state index in [2.05, 4.69) is 0 Å². The molecule has 3 amide bonds. The average Bonchev–Trinajstić information content (AvgIpc) is 2.54. The Morgan fingerprint density at radius 3 is 2.32 bits per heavy atom. The molecule has 6 nitrogen and oxygen atoms in total. The molecule has 0 atom stereocenters. The number of primary amides is 1. The number of nitrogens with zero attached hydrogens (tertiary/aromatic N) is 2. The largest absolute Gasteiger partial charge is 0.369 e. The van der Waals surface area contributed by atoms with Gasteiger partial charge in [-0.2, -0.15) is 0 Å². The van der Waals surface area contributed by atoms with Crippen molar-refractivity contribution in [2.75, 3.05) is 20.1 Å². The smallest absolute Gasteiger partial charge is 0.312 e. The van der Waals surface area contributed by atoms with E-state index in [4.69, 9.17) is 5.73 Å². The van der Waals surface area contributed by atoms with Crippen molar-refractivity contribution in [1.82, 2.24) is 9.80 Å². The van der Waals surface area contributed by atoms with Gasteiger partial charge in [0, 0.05) is 32.6 Å². The molecule has 1 aromatic carbocycles. The minimum atomic E-state index is -0.527. The van der Waals surface area contributed by atoms with Crippen molar-refractivity contribution < 1.29 is 14.4 Å². The third kappa shape index (κ3) is 3.84. The van der Waals surface area contributed by atoms with Crippen LogP contribution in [0.4, 0.5) is 0 Å². The maximum Gasteiger partial charge on any atom is 0.312 e. The molecular weight excluding hydrogens is 282 g/mol. The van der Waals surface area contributed by atoms with Gasteiger partial charge in [0.1, 0.15) is 0 Å². The number of nitrogens with two attached hydrogens (primary N) is 1. The van der Waals surface area contributed by atoms with Crippen LogP contribution >= 0.6 is 0 Å². The number of carbonyl (C=O) groups is 3. The molecule has 22 heavy (non-hydrogen) atoms. The lowest BCUT2D eigenvalue weighted by Gasteiger charge is -2.31. The zero-order valence-electron chi connectivity index (χ0n) is 12.7. The second-order valence-electron chi connectivity index (χ2n) is 5.62. The second-order valence-corrected chi connectivity index (χ2v) is 5.62. The van der Waals surface area contributed by atoms with Crippen molar-refractivity contribution in [2.24, 2.45) is 11.7 Å². The fourth-order valence-corrected chi connectivity index (χ4v) is 2.59. The minimum absolute atomic E-state index is 0.193. The van der Waals surface area contributed by atoms with Gasteiger partial charge < -0.3 is 15.5 Å². The Hall–Kier alpha value is -2.37. The van der Waals surface area contributed by atoms with E-state index in [9.17, 15) is 14.4 Å². The van der Waals surface area contributed by atoms with Crippen LogP contribution in [0, 0.1) is 5.92 Å². The summed E-state index contributed by atoms with van der Waals surface area (Å²) in [6.07, 6.45) is 1.05. The van der Waals surface area contributed by atoms with Gasteiger partial charge in [-0.25, -0.2) is 0 Å². The Balaban J connectivity index is 1.89. The Kier molecular flexibility index (Phi) is 5.14. The lowest BCUT2D eigenvalue weighted by atomic mass is 9.96. The molecule has 0 saturated carbocycles. The molecule has 1 saturated heterocycles.